The number of halogens is 2. The number of carbonyl (C=O) groups is 2. The number of benzene rings is 2. The van der Waals surface area contributed by atoms with Crippen LogP contribution in [0.2, 0.25) is 5.02 Å². The van der Waals surface area contributed by atoms with E-state index in [-0.39, 0.29) is 23.1 Å². The van der Waals surface area contributed by atoms with Crippen LogP contribution in [0.1, 0.15) is 10.5 Å². The smallest absolute Gasteiger partial charge is 0.294 e. The molecule has 3 aromatic rings. The first-order valence-corrected chi connectivity index (χ1v) is 10.5. The van der Waals surface area contributed by atoms with E-state index in [1.54, 1.807) is 36.4 Å². The molecule has 2 aromatic carbocycles. The lowest BCUT2D eigenvalue weighted by atomic mass is 10.3. The fourth-order valence-corrected chi connectivity index (χ4v) is 3.00. The quantitative estimate of drug-likeness (QED) is 0.295. The summed E-state index contributed by atoms with van der Waals surface area (Å²) in [5.74, 6) is -1.41. The van der Waals surface area contributed by atoms with E-state index < -0.39 is 11.8 Å². The predicted molar refractivity (Wildman–Crippen MR) is 126 cm³/mol. The van der Waals surface area contributed by atoms with Crippen molar-refractivity contribution in [3.63, 3.8) is 0 Å². The van der Waals surface area contributed by atoms with Gasteiger partial charge in [-0.05, 0) is 42.5 Å². The SMILES string of the molecule is COc1c(C(=O)NNC(=O)CCl)nn(-c2cccc(Cl)c2)c1N=Nc1ccc(N(C)C)cc1. The van der Waals surface area contributed by atoms with Crippen molar-refractivity contribution in [2.75, 3.05) is 32.0 Å². The zero-order valence-electron chi connectivity index (χ0n) is 18.0. The van der Waals surface area contributed by atoms with Crippen LogP contribution in [0.15, 0.2) is 58.8 Å². The molecule has 172 valence electrons. The number of hydrogen-bond donors (Lipinski definition) is 2. The molecule has 0 spiro atoms. The molecule has 1 aromatic heterocycles. The van der Waals surface area contributed by atoms with E-state index in [0.29, 0.717) is 16.4 Å². The second kappa shape index (κ2) is 10.8. The summed E-state index contributed by atoms with van der Waals surface area (Å²) in [4.78, 5) is 26.0. The summed E-state index contributed by atoms with van der Waals surface area (Å²) in [5.41, 5.74) is 6.41. The van der Waals surface area contributed by atoms with Crippen LogP contribution < -0.4 is 20.5 Å². The second-order valence-electron chi connectivity index (χ2n) is 6.84. The molecule has 3 rings (SSSR count). The van der Waals surface area contributed by atoms with Gasteiger partial charge in [0.2, 0.25) is 5.82 Å². The van der Waals surface area contributed by atoms with Gasteiger partial charge in [0.1, 0.15) is 5.88 Å². The molecule has 0 unspecified atom stereocenters. The molecule has 12 heteroatoms. The summed E-state index contributed by atoms with van der Waals surface area (Å²) in [7, 11) is 5.25. The van der Waals surface area contributed by atoms with Crippen LogP contribution in [0.5, 0.6) is 5.75 Å². The topological polar surface area (TPSA) is 113 Å². The summed E-state index contributed by atoms with van der Waals surface area (Å²) in [6.07, 6.45) is 0. The van der Waals surface area contributed by atoms with Crippen LogP contribution in [0.4, 0.5) is 17.2 Å². The highest BCUT2D eigenvalue weighted by Gasteiger charge is 2.26. The molecule has 2 amide bonds. The summed E-state index contributed by atoms with van der Waals surface area (Å²) in [5, 5.41) is 13.4. The normalized spacial score (nSPS) is 10.8. The Morgan fingerprint density at radius 2 is 1.85 bits per heavy atom. The molecular weight excluding hydrogens is 469 g/mol. The third kappa shape index (κ3) is 5.79. The van der Waals surface area contributed by atoms with E-state index in [2.05, 4.69) is 26.2 Å². The van der Waals surface area contributed by atoms with Gasteiger partial charge >= 0.3 is 0 Å². The standard InChI is InChI=1S/C21H21Cl2N7O3/c1-29(2)15-9-7-14(8-10-15)24-26-20-19(33-3)18(21(32)27-25-17(31)12-22)28-30(20)16-6-4-5-13(23)11-16/h4-11H,12H2,1-3H3,(H,25,31)(H,27,32). The lowest BCUT2D eigenvalue weighted by Crippen LogP contribution is -2.42. The van der Waals surface area contributed by atoms with E-state index in [9.17, 15) is 9.59 Å². The Balaban J connectivity index is 2.04. The van der Waals surface area contributed by atoms with Crippen molar-refractivity contribution in [1.82, 2.24) is 20.6 Å². The Morgan fingerprint density at radius 3 is 2.45 bits per heavy atom. The number of ether oxygens (including phenoxy) is 1. The average Bonchev–Trinajstić information content (AvgIpc) is 3.19. The number of amides is 2. The summed E-state index contributed by atoms with van der Waals surface area (Å²) in [6, 6.07) is 14.2. The zero-order valence-corrected chi connectivity index (χ0v) is 19.6. The Kier molecular flexibility index (Phi) is 7.86. The Hall–Kier alpha value is -3.63. The first-order chi connectivity index (χ1) is 15.8. The van der Waals surface area contributed by atoms with Crippen LogP contribution in [0.3, 0.4) is 0 Å². The third-order valence-corrected chi connectivity index (χ3v) is 4.83. The molecule has 0 aliphatic rings. The Bertz CT molecular complexity index is 1180. The van der Waals surface area contributed by atoms with Gasteiger partial charge in [-0.3, -0.25) is 20.4 Å². The van der Waals surface area contributed by atoms with Crippen molar-refractivity contribution in [2.24, 2.45) is 10.2 Å². The number of methoxy groups -OCH3 is 1. The molecule has 1 heterocycles. The molecule has 0 aliphatic carbocycles. The van der Waals surface area contributed by atoms with Gasteiger partial charge in [-0.25, -0.2) is 4.68 Å². The number of rotatable bonds is 7. The average molecular weight is 490 g/mol. The highest BCUT2D eigenvalue weighted by Crippen LogP contribution is 2.35. The maximum absolute atomic E-state index is 12.7. The molecule has 0 aliphatic heterocycles. The molecule has 0 saturated heterocycles. The number of anilines is 1. The fraction of sp³-hybridized carbons (Fsp3) is 0.190. The highest BCUT2D eigenvalue weighted by molar-refractivity contribution is 6.30. The molecule has 2 N–H and O–H groups in total. The minimum atomic E-state index is -0.724. The van der Waals surface area contributed by atoms with Gasteiger partial charge in [-0.15, -0.1) is 21.8 Å². The van der Waals surface area contributed by atoms with Crippen molar-refractivity contribution in [2.45, 2.75) is 0 Å². The summed E-state index contributed by atoms with van der Waals surface area (Å²) >= 11 is 11.6. The molecule has 0 saturated carbocycles. The van der Waals surface area contributed by atoms with Crippen molar-refractivity contribution in [3.8, 4) is 11.4 Å². The molecule has 0 bridgehead atoms. The number of hydrazine groups is 1. The largest absolute Gasteiger partial charge is 0.491 e. The molecule has 0 radical (unpaired) electrons. The lowest BCUT2D eigenvalue weighted by molar-refractivity contribution is -0.119. The third-order valence-electron chi connectivity index (χ3n) is 4.35. The zero-order chi connectivity index (χ0) is 24.0. The molecule has 0 atom stereocenters. The number of nitrogens with one attached hydrogen (secondary N) is 2. The van der Waals surface area contributed by atoms with E-state index in [4.69, 9.17) is 27.9 Å². The van der Waals surface area contributed by atoms with Crippen molar-refractivity contribution < 1.29 is 14.3 Å². The Morgan fingerprint density at radius 1 is 1.12 bits per heavy atom. The maximum atomic E-state index is 12.7. The molecule has 0 fully saturated rings. The van der Waals surface area contributed by atoms with E-state index in [1.807, 2.05) is 31.1 Å². The molecule has 33 heavy (non-hydrogen) atoms. The second-order valence-corrected chi connectivity index (χ2v) is 7.55. The van der Waals surface area contributed by atoms with Gasteiger partial charge in [0.15, 0.2) is 11.4 Å². The van der Waals surface area contributed by atoms with Gasteiger partial charge in [0.25, 0.3) is 11.8 Å². The number of hydrogen-bond acceptors (Lipinski definition) is 7. The first-order valence-electron chi connectivity index (χ1n) is 9.61. The van der Waals surface area contributed by atoms with Gasteiger partial charge in [0, 0.05) is 24.8 Å². The van der Waals surface area contributed by atoms with E-state index >= 15 is 0 Å². The van der Waals surface area contributed by atoms with Crippen LogP contribution in [-0.2, 0) is 4.79 Å². The monoisotopic (exact) mass is 489 g/mol. The van der Waals surface area contributed by atoms with Gasteiger partial charge in [0.05, 0.1) is 18.5 Å². The molecular formula is C21H21Cl2N7O3. The summed E-state index contributed by atoms with van der Waals surface area (Å²) < 4.78 is 6.80. The lowest BCUT2D eigenvalue weighted by Gasteiger charge is -2.11. The highest BCUT2D eigenvalue weighted by atomic mass is 35.5. The Labute approximate surface area is 200 Å². The molecule has 10 nitrogen and oxygen atoms in total. The maximum Gasteiger partial charge on any atom is 0.294 e. The van der Waals surface area contributed by atoms with Gasteiger partial charge in [-0.2, -0.15) is 5.10 Å². The number of carbonyl (C=O) groups excluding carboxylic acids is 2. The van der Waals surface area contributed by atoms with Crippen LogP contribution in [-0.4, -0.2) is 48.7 Å². The fourth-order valence-electron chi connectivity index (χ4n) is 2.75. The summed E-state index contributed by atoms with van der Waals surface area (Å²) in [6.45, 7) is 0. The first kappa shape index (κ1) is 24.0. The van der Waals surface area contributed by atoms with Crippen LogP contribution >= 0.6 is 23.2 Å². The minimum absolute atomic E-state index is 0.0567. The minimum Gasteiger partial charge on any atom is -0.491 e. The number of nitrogens with zero attached hydrogens (tertiary/aromatic N) is 5. The van der Waals surface area contributed by atoms with E-state index in [1.165, 1.54) is 11.8 Å². The number of aromatic nitrogens is 2. The van der Waals surface area contributed by atoms with Crippen LogP contribution in [0.25, 0.3) is 5.69 Å². The number of alkyl halides is 1. The number of azo groups is 1. The van der Waals surface area contributed by atoms with Crippen molar-refractivity contribution in [1.29, 1.82) is 0 Å². The van der Waals surface area contributed by atoms with Gasteiger partial charge < -0.3 is 9.64 Å². The van der Waals surface area contributed by atoms with E-state index in [0.717, 1.165) is 5.69 Å². The van der Waals surface area contributed by atoms with Gasteiger partial charge in [-0.1, -0.05) is 17.7 Å². The van der Waals surface area contributed by atoms with Crippen molar-refractivity contribution >= 4 is 52.2 Å². The predicted octanol–water partition coefficient (Wildman–Crippen LogP) is 4.02. The van der Waals surface area contributed by atoms with Crippen molar-refractivity contribution in [3.05, 3.63) is 59.2 Å². The van der Waals surface area contributed by atoms with Crippen LogP contribution in [0, 0.1) is 0 Å².